The second kappa shape index (κ2) is 4.08. The van der Waals surface area contributed by atoms with Crippen LogP contribution in [0.5, 0.6) is 0 Å². The maximum Gasteiger partial charge on any atom is 0.319 e. The minimum absolute atomic E-state index is 0.0213. The molecule has 86 valence electrons. The quantitative estimate of drug-likeness (QED) is 0.645. The number of methoxy groups -OCH3 is 1. The standard InChI is InChI=1S/C10H18N2O3/c1-10(2,8(13)15-4)7-12-6-5-11(3)9(12)14/h5-7H2,1-4H3. The summed E-state index contributed by atoms with van der Waals surface area (Å²) in [7, 11) is 3.12. The monoisotopic (exact) mass is 214 g/mol. The molecule has 2 amide bonds. The molecule has 0 atom stereocenters. The van der Waals surface area contributed by atoms with Gasteiger partial charge in [0.2, 0.25) is 0 Å². The number of ether oxygens (including phenoxy) is 1. The predicted molar refractivity (Wildman–Crippen MR) is 55.4 cm³/mol. The second-order valence-electron chi connectivity index (χ2n) is 4.50. The van der Waals surface area contributed by atoms with Gasteiger partial charge in [0.25, 0.3) is 0 Å². The van der Waals surface area contributed by atoms with E-state index in [0.717, 1.165) is 6.54 Å². The van der Waals surface area contributed by atoms with Gasteiger partial charge in [-0.2, -0.15) is 0 Å². The molecule has 0 unspecified atom stereocenters. The minimum Gasteiger partial charge on any atom is -0.469 e. The van der Waals surface area contributed by atoms with Crippen molar-refractivity contribution < 1.29 is 14.3 Å². The van der Waals surface area contributed by atoms with Crippen LogP contribution >= 0.6 is 0 Å². The third-order valence-electron chi connectivity index (χ3n) is 2.63. The molecule has 1 aliphatic heterocycles. The molecule has 0 radical (unpaired) electrons. The molecule has 1 aliphatic rings. The SMILES string of the molecule is COC(=O)C(C)(C)CN1CCN(C)C1=O. The predicted octanol–water partition coefficient (Wildman–Crippen LogP) is 0.553. The number of nitrogens with zero attached hydrogens (tertiary/aromatic N) is 2. The van der Waals surface area contributed by atoms with Crippen LogP contribution in [0.2, 0.25) is 0 Å². The molecule has 0 N–H and O–H groups in total. The Labute approximate surface area is 90.0 Å². The maximum atomic E-state index is 11.6. The topological polar surface area (TPSA) is 49.9 Å². The molecule has 5 heteroatoms. The summed E-state index contributed by atoms with van der Waals surface area (Å²) < 4.78 is 4.70. The third kappa shape index (κ3) is 2.40. The molecule has 0 aromatic carbocycles. The average molecular weight is 214 g/mol. The van der Waals surface area contributed by atoms with Crippen LogP contribution in [0.4, 0.5) is 4.79 Å². The molecule has 0 aliphatic carbocycles. The van der Waals surface area contributed by atoms with Gasteiger partial charge in [0.05, 0.1) is 12.5 Å². The van der Waals surface area contributed by atoms with Crippen LogP contribution < -0.4 is 0 Å². The highest BCUT2D eigenvalue weighted by molar-refractivity contribution is 5.79. The Balaban J connectivity index is 2.62. The van der Waals surface area contributed by atoms with Crippen molar-refractivity contribution in [1.82, 2.24) is 9.80 Å². The van der Waals surface area contributed by atoms with Gasteiger partial charge in [-0.15, -0.1) is 0 Å². The Bertz CT molecular complexity index is 276. The Morgan fingerprint density at radius 1 is 1.47 bits per heavy atom. The van der Waals surface area contributed by atoms with Crippen LogP contribution in [-0.4, -0.2) is 55.6 Å². The van der Waals surface area contributed by atoms with E-state index in [0.29, 0.717) is 13.1 Å². The normalized spacial score (nSPS) is 17.2. The van der Waals surface area contributed by atoms with Crippen LogP contribution in [0.1, 0.15) is 13.8 Å². The van der Waals surface area contributed by atoms with Gasteiger partial charge in [0.1, 0.15) is 0 Å². The van der Waals surface area contributed by atoms with Crippen molar-refractivity contribution in [2.24, 2.45) is 5.41 Å². The fourth-order valence-electron chi connectivity index (χ4n) is 1.67. The van der Waals surface area contributed by atoms with Gasteiger partial charge in [0, 0.05) is 26.7 Å². The van der Waals surface area contributed by atoms with Crippen molar-refractivity contribution in [3.8, 4) is 0 Å². The lowest BCUT2D eigenvalue weighted by Crippen LogP contribution is -2.41. The highest BCUT2D eigenvalue weighted by Crippen LogP contribution is 2.21. The molecule has 0 aromatic heterocycles. The highest BCUT2D eigenvalue weighted by atomic mass is 16.5. The van der Waals surface area contributed by atoms with Crippen LogP contribution in [0.25, 0.3) is 0 Å². The van der Waals surface area contributed by atoms with Gasteiger partial charge in [-0.3, -0.25) is 4.79 Å². The van der Waals surface area contributed by atoms with Gasteiger partial charge in [-0.05, 0) is 13.8 Å². The zero-order valence-corrected chi connectivity index (χ0v) is 9.74. The summed E-state index contributed by atoms with van der Waals surface area (Å²) in [5.74, 6) is -0.287. The Morgan fingerprint density at radius 2 is 2.07 bits per heavy atom. The van der Waals surface area contributed by atoms with Gasteiger partial charge in [-0.1, -0.05) is 0 Å². The number of hydrogen-bond acceptors (Lipinski definition) is 3. The van der Waals surface area contributed by atoms with E-state index < -0.39 is 5.41 Å². The molecule has 0 bridgehead atoms. The summed E-state index contributed by atoms with van der Waals surface area (Å²) in [5, 5.41) is 0. The first-order chi connectivity index (χ1) is 6.88. The highest BCUT2D eigenvalue weighted by Gasteiger charge is 2.35. The first kappa shape index (κ1) is 11.8. The Kier molecular flexibility index (Phi) is 3.21. The molecule has 1 heterocycles. The van der Waals surface area contributed by atoms with E-state index in [1.54, 1.807) is 30.7 Å². The number of carbonyl (C=O) groups excluding carboxylic acids is 2. The molecular formula is C10H18N2O3. The largest absolute Gasteiger partial charge is 0.469 e. The Hall–Kier alpha value is -1.26. The van der Waals surface area contributed by atoms with Crippen LogP contribution in [0.15, 0.2) is 0 Å². The summed E-state index contributed by atoms with van der Waals surface area (Å²) in [4.78, 5) is 26.4. The van der Waals surface area contributed by atoms with Crippen molar-refractivity contribution in [3.05, 3.63) is 0 Å². The van der Waals surface area contributed by atoms with Gasteiger partial charge in [0.15, 0.2) is 0 Å². The fourth-order valence-corrected chi connectivity index (χ4v) is 1.67. The summed E-state index contributed by atoms with van der Waals surface area (Å²) in [6, 6.07) is -0.0213. The van der Waals surface area contributed by atoms with Crippen molar-refractivity contribution in [3.63, 3.8) is 0 Å². The summed E-state index contributed by atoms with van der Waals surface area (Å²) in [5.41, 5.74) is -0.643. The number of esters is 1. The molecular weight excluding hydrogens is 196 g/mol. The van der Waals surface area contributed by atoms with Crippen molar-refractivity contribution in [2.45, 2.75) is 13.8 Å². The number of carbonyl (C=O) groups is 2. The number of urea groups is 1. The van der Waals surface area contributed by atoms with Crippen molar-refractivity contribution in [2.75, 3.05) is 33.8 Å². The third-order valence-corrected chi connectivity index (χ3v) is 2.63. The molecule has 0 aromatic rings. The minimum atomic E-state index is -0.643. The van der Waals surface area contributed by atoms with E-state index in [4.69, 9.17) is 4.74 Å². The number of hydrogen-bond donors (Lipinski definition) is 0. The van der Waals surface area contributed by atoms with Crippen LogP contribution in [0.3, 0.4) is 0 Å². The van der Waals surface area contributed by atoms with E-state index in [1.165, 1.54) is 7.11 Å². The molecule has 1 saturated heterocycles. The fraction of sp³-hybridized carbons (Fsp3) is 0.800. The lowest BCUT2D eigenvalue weighted by Gasteiger charge is -2.27. The number of rotatable bonds is 3. The zero-order valence-electron chi connectivity index (χ0n) is 9.74. The van der Waals surface area contributed by atoms with Gasteiger partial charge >= 0.3 is 12.0 Å². The van der Waals surface area contributed by atoms with Crippen molar-refractivity contribution >= 4 is 12.0 Å². The lowest BCUT2D eigenvalue weighted by molar-refractivity contribution is -0.151. The number of amides is 2. The van der Waals surface area contributed by atoms with Gasteiger partial charge < -0.3 is 14.5 Å². The van der Waals surface area contributed by atoms with Gasteiger partial charge in [-0.25, -0.2) is 4.79 Å². The smallest absolute Gasteiger partial charge is 0.319 e. The van der Waals surface area contributed by atoms with E-state index in [9.17, 15) is 9.59 Å². The Morgan fingerprint density at radius 3 is 2.47 bits per heavy atom. The lowest BCUT2D eigenvalue weighted by atomic mass is 9.93. The summed E-state index contributed by atoms with van der Waals surface area (Å²) >= 11 is 0. The summed E-state index contributed by atoms with van der Waals surface area (Å²) in [6.07, 6.45) is 0. The molecule has 0 saturated carbocycles. The molecule has 1 rings (SSSR count). The molecule has 15 heavy (non-hydrogen) atoms. The first-order valence-corrected chi connectivity index (χ1v) is 4.97. The maximum absolute atomic E-state index is 11.6. The number of likely N-dealkylation sites (N-methyl/N-ethyl adjacent to an activating group) is 1. The zero-order chi connectivity index (χ0) is 11.6. The van der Waals surface area contributed by atoms with E-state index in [1.807, 2.05) is 0 Å². The summed E-state index contributed by atoms with van der Waals surface area (Å²) in [6.45, 7) is 5.36. The van der Waals surface area contributed by atoms with Crippen LogP contribution in [-0.2, 0) is 9.53 Å². The molecule has 1 fully saturated rings. The first-order valence-electron chi connectivity index (χ1n) is 4.97. The molecule has 5 nitrogen and oxygen atoms in total. The van der Waals surface area contributed by atoms with E-state index in [-0.39, 0.29) is 12.0 Å². The van der Waals surface area contributed by atoms with E-state index >= 15 is 0 Å². The second-order valence-corrected chi connectivity index (χ2v) is 4.50. The van der Waals surface area contributed by atoms with Crippen molar-refractivity contribution in [1.29, 1.82) is 0 Å². The molecule has 0 spiro atoms. The van der Waals surface area contributed by atoms with E-state index in [2.05, 4.69) is 0 Å². The van der Waals surface area contributed by atoms with Crippen LogP contribution in [0, 0.1) is 5.41 Å². The average Bonchev–Trinajstić information content (AvgIpc) is 2.48.